The first-order chi connectivity index (χ1) is 7.09. The summed E-state index contributed by atoms with van der Waals surface area (Å²) in [6.45, 7) is 4.10. The number of primary amides is 1. The fourth-order valence-electron chi connectivity index (χ4n) is 2.30. The number of hydrogen-bond donors (Lipinski definition) is 2. The Morgan fingerprint density at radius 2 is 2.13 bits per heavy atom. The molecular formula is C12H16N2O. The molecule has 0 spiro atoms. The van der Waals surface area contributed by atoms with Gasteiger partial charge in [-0.15, -0.1) is 0 Å². The lowest BCUT2D eigenvalue weighted by Gasteiger charge is -2.14. The van der Waals surface area contributed by atoms with E-state index in [9.17, 15) is 4.79 Å². The first-order valence-electron chi connectivity index (χ1n) is 5.28. The summed E-state index contributed by atoms with van der Waals surface area (Å²) in [6, 6.07) is 1.75. The Morgan fingerprint density at radius 1 is 1.40 bits per heavy atom. The molecule has 0 heterocycles. The van der Waals surface area contributed by atoms with Crippen molar-refractivity contribution in [1.82, 2.24) is 0 Å². The predicted octanol–water partition coefficient (Wildman–Crippen LogP) is 2.28. The molecule has 3 nitrogen and oxygen atoms in total. The SMILES string of the molecule is Cc1cc2c(c(NC(N)=O)c1C)CCC2. The predicted molar refractivity (Wildman–Crippen MR) is 61.1 cm³/mol. The van der Waals surface area contributed by atoms with E-state index >= 15 is 0 Å². The molecule has 0 aliphatic heterocycles. The third kappa shape index (κ3) is 1.69. The number of hydrogen-bond acceptors (Lipinski definition) is 1. The number of rotatable bonds is 1. The van der Waals surface area contributed by atoms with Crippen LogP contribution < -0.4 is 11.1 Å². The summed E-state index contributed by atoms with van der Waals surface area (Å²) in [7, 11) is 0. The molecule has 1 aromatic rings. The maximum Gasteiger partial charge on any atom is 0.316 e. The van der Waals surface area contributed by atoms with Crippen LogP contribution in [-0.4, -0.2) is 6.03 Å². The van der Waals surface area contributed by atoms with Crippen LogP contribution in [0.3, 0.4) is 0 Å². The maximum atomic E-state index is 10.9. The second-order valence-electron chi connectivity index (χ2n) is 4.17. The van der Waals surface area contributed by atoms with Crippen molar-refractivity contribution < 1.29 is 4.79 Å². The van der Waals surface area contributed by atoms with Crippen LogP contribution >= 0.6 is 0 Å². The van der Waals surface area contributed by atoms with Crippen LogP contribution in [0.1, 0.15) is 28.7 Å². The number of aryl methyl sites for hydroxylation is 2. The van der Waals surface area contributed by atoms with Gasteiger partial charge in [0.1, 0.15) is 0 Å². The van der Waals surface area contributed by atoms with E-state index in [1.165, 1.54) is 23.1 Å². The number of carbonyl (C=O) groups is 1. The van der Waals surface area contributed by atoms with Gasteiger partial charge in [0, 0.05) is 5.69 Å². The zero-order valence-corrected chi connectivity index (χ0v) is 9.18. The molecule has 0 radical (unpaired) electrons. The van der Waals surface area contributed by atoms with Crippen molar-refractivity contribution in [2.24, 2.45) is 5.73 Å². The van der Waals surface area contributed by atoms with E-state index < -0.39 is 6.03 Å². The minimum absolute atomic E-state index is 0.474. The topological polar surface area (TPSA) is 55.1 Å². The zero-order valence-electron chi connectivity index (χ0n) is 9.18. The van der Waals surface area contributed by atoms with E-state index in [2.05, 4.69) is 18.3 Å². The van der Waals surface area contributed by atoms with Gasteiger partial charge in [-0.05, 0) is 55.4 Å². The van der Waals surface area contributed by atoms with E-state index in [1.54, 1.807) is 0 Å². The lowest BCUT2D eigenvalue weighted by atomic mass is 9.99. The Bertz CT molecular complexity index is 424. The molecule has 80 valence electrons. The molecule has 1 aliphatic rings. The van der Waals surface area contributed by atoms with Gasteiger partial charge in [0.2, 0.25) is 0 Å². The lowest BCUT2D eigenvalue weighted by Crippen LogP contribution is -2.21. The minimum atomic E-state index is -0.474. The average Bonchev–Trinajstić information content (AvgIpc) is 2.59. The van der Waals surface area contributed by atoms with Crippen LogP contribution in [0.25, 0.3) is 0 Å². The normalized spacial score (nSPS) is 13.7. The Hall–Kier alpha value is -1.51. The molecule has 0 atom stereocenters. The van der Waals surface area contributed by atoms with Gasteiger partial charge in [-0.25, -0.2) is 4.79 Å². The number of nitrogens with two attached hydrogens (primary N) is 1. The van der Waals surface area contributed by atoms with Crippen LogP contribution in [0.5, 0.6) is 0 Å². The second kappa shape index (κ2) is 3.57. The smallest absolute Gasteiger partial charge is 0.316 e. The zero-order chi connectivity index (χ0) is 11.0. The van der Waals surface area contributed by atoms with Crippen LogP contribution in [0.2, 0.25) is 0 Å². The summed E-state index contributed by atoms with van der Waals surface area (Å²) < 4.78 is 0. The van der Waals surface area contributed by atoms with E-state index in [4.69, 9.17) is 5.73 Å². The summed E-state index contributed by atoms with van der Waals surface area (Å²) in [5, 5.41) is 2.75. The molecule has 0 saturated carbocycles. The van der Waals surface area contributed by atoms with Crippen molar-refractivity contribution in [2.75, 3.05) is 5.32 Å². The molecule has 3 N–H and O–H groups in total. The third-order valence-electron chi connectivity index (χ3n) is 3.17. The van der Waals surface area contributed by atoms with Crippen molar-refractivity contribution in [2.45, 2.75) is 33.1 Å². The van der Waals surface area contributed by atoms with Crippen LogP contribution in [-0.2, 0) is 12.8 Å². The van der Waals surface area contributed by atoms with Gasteiger partial charge in [-0.3, -0.25) is 0 Å². The molecular weight excluding hydrogens is 188 g/mol. The number of urea groups is 1. The van der Waals surface area contributed by atoms with Gasteiger partial charge in [0.25, 0.3) is 0 Å². The molecule has 1 aliphatic carbocycles. The van der Waals surface area contributed by atoms with Crippen molar-refractivity contribution in [3.8, 4) is 0 Å². The van der Waals surface area contributed by atoms with E-state index in [1.807, 2.05) is 6.92 Å². The van der Waals surface area contributed by atoms with E-state index in [-0.39, 0.29) is 0 Å². The van der Waals surface area contributed by atoms with E-state index in [0.29, 0.717) is 0 Å². The molecule has 1 aromatic carbocycles. The first kappa shape index (κ1) is 10.0. The monoisotopic (exact) mass is 204 g/mol. The van der Waals surface area contributed by atoms with Crippen molar-refractivity contribution in [1.29, 1.82) is 0 Å². The third-order valence-corrected chi connectivity index (χ3v) is 3.17. The number of anilines is 1. The standard InChI is InChI=1S/C12H16N2O/c1-7-6-9-4-3-5-10(9)11(8(7)2)14-12(13)15/h6H,3-5H2,1-2H3,(H3,13,14,15). The molecule has 0 unspecified atom stereocenters. The minimum Gasteiger partial charge on any atom is -0.351 e. The van der Waals surface area contributed by atoms with Gasteiger partial charge in [-0.2, -0.15) is 0 Å². The number of nitrogens with one attached hydrogen (secondary N) is 1. The van der Waals surface area contributed by atoms with Gasteiger partial charge >= 0.3 is 6.03 Å². The molecule has 15 heavy (non-hydrogen) atoms. The van der Waals surface area contributed by atoms with Crippen LogP contribution in [0.4, 0.5) is 10.5 Å². The van der Waals surface area contributed by atoms with E-state index in [0.717, 1.165) is 24.1 Å². The lowest BCUT2D eigenvalue weighted by molar-refractivity contribution is 0.259. The quantitative estimate of drug-likeness (QED) is 0.724. The van der Waals surface area contributed by atoms with Crippen molar-refractivity contribution >= 4 is 11.7 Å². The Kier molecular flexibility index (Phi) is 2.39. The molecule has 0 aromatic heterocycles. The largest absolute Gasteiger partial charge is 0.351 e. The van der Waals surface area contributed by atoms with Crippen molar-refractivity contribution in [3.63, 3.8) is 0 Å². The van der Waals surface area contributed by atoms with Gasteiger partial charge in [0.05, 0.1) is 0 Å². The molecule has 3 heteroatoms. The fraction of sp³-hybridized carbons (Fsp3) is 0.417. The molecule has 0 saturated heterocycles. The summed E-state index contributed by atoms with van der Waals surface area (Å²) >= 11 is 0. The van der Waals surface area contributed by atoms with Crippen molar-refractivity contribution in [3.05, 3.63) is 28.3 Å². The highest BCUT2D eigenvalue weighted by Crippen LogP contribution is 2.33. The Labute approximate surface area is 89.7 Å². The van der Waals surface area contributed by atoms with Gasteiger partial charge < -0.3 is 11.1 Å². The molecule has 2 amide bonds. The summed E-state index contributed by atoms with van der Waals surface area (Å²) in [5.74, 6) is 0. The van der Waals surface area contributed by atoms with Crippen LogP contribution in [0, 0.1) is 13.8 Å². The second-order valence-corrected chi connectivity index (χ2v) is 4.17. The molecule has 0 bridgehead atoms. The van der Waals surface area contributed by atoms with Gasteiger partial charge in [0.15, 0.2) is 0 Å². The Balaban J connectivity index is 2.55. The highest BCUT2D eigenvalue weighted by Gasteiger charge is 2.18. The first-order valence-corrected chi connectivity index (χ1v) is 5.28. The molecule has 0 fully saturated rings. The number of fused-ring (bicyclic) bond motifs is 1. The number of benzene rings is 1. The summed E-state index contributed by atoms with van der Waals surface area (Å²) in [6.07, 6.45) is 3.33. The highest BCUT2D eigenvalue weighted by molar-refractivity contribution is 5.90. The Morgan fingerprint density at radius 3 is 2.80 bits per heavy atom. The molecule has 2 rings (SSSR count). The average molecular weight is 204 g/mol. The highest BCUT2D eigenvalue weighted by atomic mass is 16.2. The fourth-order valence-corrected chi connectivity index (χ4v) is 2.30. The van der Waals surface area contributed by atoms with Gasteiger partial charge in [-0.1, -0.05) is 6.07 Å². The maximum absolute atomic E-state index is 10.9. The number of carbonyl (C=O) groups excluding carboxylic acids is 1. The summed E-state index contributed by atoms with van der Waals surface area (Å²) in [4.78, 5) is 10.9. The van der Waals surface area contributed by atoms with Crippen LogP contribution in [0.15, 0.2) is 6.07 Å². The summed E-state index contributed by atoms with van der Waals surface area (Å²) in [5.41, 5.74) is 11.1. The number of amides is 2.